The number of aromatic nitrogens is 2. The molecule has 3 unspecified atom stereocenters. The Bertz CT molecular complexity index is 1410. The van der Waals surface area contributed by atoms with Crippen LogP contribution in [0.5, 0.6) is 5.75 Å². The van der Waals surface area contributed by atoms with Crippen LogP contribution in [0.25, 0.3) is 0 Å². The molecule has 2 heterocycles. The van der Waals surface area contributed by atoms with E-state index in [0.717, 1.165) is 54.5 Å². The zero-order valence-corrected chi connectivity index (χ0v) is 24.8. The van der Waals surface area contributed by atoms with Gasteiger partial charge in [-0.05, 0) is 55.0 Å². The second-order valence-electron chi connectivity index (χ2n) is 11.4. The van der Waals surface area contributed by atoms with Crippen LogP contribution in [0.2, 0.25) is 0 Å². The van der Waals surface area contributed by atoms with Gasteiger partial charge in [-0.15, -0.1) is 0 Å². The predicted molar refractivity (Wildman–Crippen MR) is 161 cm³/mol. The number of benzene rings is 2. The van der Waals surface area contributed by atoms with E-state index in [2.05, 4.69) is 29.4 Å². The van der Waals surface area contributed by atoms with Crippen LogP contribution in [0.1, 0.15) is 73.9 Å². The molecule has 3 aromatic rings. The number of aliphatic hydroxyl groups is 1. The highest BCUT2D eigenvalue weighted by Gasteiger charge is 2.43. The van der Waals surface area contributed by atoms with E-state index in [1.807, 2.05) is 53.8 Å². The first-order valence-corrected chi connectivity index (χ1v) is 14.6. The molecule has 2 aromatic carbocycles. The van der Waals surface area contributed by atoms with Crippen molar-refractivity contribution in [1.82, 2.24) is 19.8 Å². The minimum absolute atomic E-state index is 0.116. The van der Waals surface area contributed by atoms with Gasteiger partial charge in [0.05, 0.1) is 34.7 Å². The summed E-state index contributed by atoms with van der Waals surface area (Å²) in [4.78, 5) is 20.2. The number of aliphatic hydroxyl groups excluding tert-OH is 1. The van der Waals surface area contributed by atoms with Gasteiger partial charge in [0.1, 0.15) is 18.4 Å². The van der Waals surface area contributed by atoms with Crippen LogP contribution >= 0.6 is 0 Å². The molecule has 10 heteroatoms. The van der Waals surface area contributed by atoms with Gasteiger partial charge in [0, 0.05) is 26.7 Å². The monoisotopic (exact) mass is 573 g/mol. The van der Waals surface area contributed by atoms with Gasteiger partial charge in [0.25, 0.3) is 0 Å². The van der Waals surface area contributed by atoms with Gasteiger partial charge in [0.2, 0.25) is 5.91 Å². The Balaban J connectivity index is 1.59. The number of ether oxygens (including phenoxy) is 1. The van der Waals surface area contributed by atoms with Gasteiger partial charge >= 0.3 is 0 Å². The van der Waals surface area contributed by atoms with Crippen LogP contribution in [-0.4, -0.2) is 51.5 Å². The Morgan fingerprint density at radius 3 is 2.79 bits per heavy atom. The van der Waals surface area contributed by atoms with E-state index in [-0.39, 0.29) is 12.5 Å². The second-order valence-corrected chi connectivity index (χ2v) is 11.4. The normalized spacial score (nSPS) is 19.5. The van der Waals surface area contributed by atoms with Crippen molar-refractivity contribution >= 4 is 5.91 Å². The molecule has 4 rings (SSSR count). The average Bonchev–Trinajstić information content (AvgIpc) is 3.36. The molecule has 42 heavy (non-hydrogen) atoms. The van der Waals surface area contributed by atoms with E-state index >= 15 is 0 Å². The summed E-state index contributed by atoms with van der Waals surface area (Å²) in [6, 6.07) is 15.7. The van der Waals surface area contributed by atoms with Gasteiger partial charge < -0.3 is 25.0 Å². The molecule has 3 atom stereocenters. The standard InChI is InChI=1S/C32H43N7O3/c1-4-12-32(13-5-6-15-39(29(32)40)16-14-37-30(34)41)26-9-7-8-23(17-26)21-42-27-18-25(11-10-24(27)19-33)31(2,35)28-20-36-22-38(28)3/h7-11,17-18,20,22,30,37,41H,4-6,12-16,21,34-35H2,1-3H3. The number of rotatable bonds is 12. The van der Waals surface area contributed by atoms with Gasteiger partial charge in [-0.25, -0.2) is 4.98 Å². The second kappa shape index (κ2) is 13.5. The van der Waals surface area contributed by atoms with Crippen LogP contribution in [0.15, 0.2) is 55.0 Å². The Hall–Kier alpha value is -3.75. The molecule has 224 valence electrons. The molecular weight excluding hydrogens is 530 g/mol. The van der Waals surface area contributed by atoms with Crippen molar-refractivity contribution in [2.45, 2.75) is 69.9 Å². The summed E-state index contributed by atoms with van der Waals surface area (Å²) >= 11 is 0. The van der Waals surface area contributed by atoms with Crippen molar-refractivity contribution in [2.24, 2.45) is 18.5 Å². The van der Waals surface area contributed by atoms with E-state index in [1.165, 1.54) is 0 Å². The highest BCUT2D eigenvalue weighted by Crippen LogP contribution is 2.39. The maximum absolute atomic E-state index is 14.1. The van der Waals surface area contributed by atoms with Gasteiger partial charge in [-0.2, -0.15) is 5.26 Å². The highest BCUT2D eigenvalue weighted by atomic mass is 16.5. The summed E-state index contributed by atoms with van der Waals surface area (Å²) in [7, 11) is 1.90. The summed E-state index contributed by atoms with van der Waals surface area (Å²) < 4.78 is 8.12. The molecule has 6 N–H and O–H groups in total. The van der Waals surface area contributed by atoms with Crippen molar-refractivity contribution in [3.05, 3.63) is 82.9 Å². The number of hydrogen-bond donors (Lipinski definition) is 4. The number of aryl methyl sites for hydroxylation is 1. The van der Waals surface area contributed by atoms with Crippen molar-refractivity contribution in [1.29, 1.82) is 5.26 Å². The fraction of sp³-hybridized carbons (Fsp3) is 0.469. The number of nitrogens with zero attached hydrogens (tertiary/aromatic N) is 4. The Labute approximate surface area is 248 Å². The first kappa shape index (κ1) is 31.2. The molecule has 1 fully saturated rings. The lowest BCUT2D eigenvalue weighted by Crippen LogP contribution is -2.49. The summed E-state index contributed by atoms with van der Waals surface area (Å²) in [5.41, 5.74) is 14.7. The quantitative estimate of drug-likeness (QED) is 0.241. The number of carbonyl (C=O) groups excluding carboxylic acids is 1. The summed E-state index contributed by atoms with van der Waals surface area (Å²) in [5, 5.41) is 22.0. The van der Waals surface area contributed by atoms with Crippen LogP contribution in [-0.2, 0) is 29.4 Å². The predicted octanol–water partition coefficient (Wildman–Crippen LogP) is 2.97. The Morgan fingerprint density at radius 1 is 1.29 bits per heavy atom. The van der Waals surface area contributed by atoms with Crippen LogP contribution in [0.4, 0.5) is 0 Å². The molecule has 0 radical (unpaired) electrons. The van der Waals surface area contributed by atoms with Crippen LogP contribution in [0, 0.1) is 11.3 Å². The fourth-order valence-electron chi connectivity index (χ4n) is 6.05. The van der Waals surface area contributed by atoms with Gasteiger partial charge in [0.15, 0.2) is 6.35 Å². The number of nitriles is 1. The average molecular weight is 574 g/mol. The molecule has 0 bridgehead atoms. The number of hydrogen-bond acceptors (Lipinski definition) is 8. The lowest BCUT2D eigenvalue weighted by atomic mass is 9.72. The molecule has 0 aliphatic carbocycles. The molecule has 1 aliphatic heterocycles. The number of nitrogens with two attached hydrogens (primary N) is 2. The molecule has 0 saturated carbocycles. The molecule has 10 nitrogen and oxygen atoms in total. The first-order valence-electron chi connectivity index (χ1n) is 14.6. The highest BCUT2D eigenvalue weighted by molar-refractivity contribution is 5.88. The molecule has 1 saturated heterocycles. The number of amides is 1. The Kier molecular flexibility index (Phi) is 10.0. The van der Waals surface area contributed by atoms with Crippen LogP contribution in [0.3, 0.4) is 0 Å². The maximum atomic E-state index is 14.1. The third kappa shape index (κ3) is 6.66. The minimum atomic E-state index is -1.11. The number of nitrogens with one attached hydrogen (secondary N) is 1. The van der Waals surface area contributed by atoms with E-state index in [9.17, 15) is 15.2 Å². The third-order valence-electron chi connectivity index (χ3n) is 8.31. The summed E-state index contributed by atoms with van der Waals surface area (Å²) in [6.07, 6.45) is 6.59. The third-order valence-corrected chi connectivity index (χ3v) is 8.31. The lowest BCUT2D eigenvalue weighted by Gasteiger charge is -2.36. The molecular formula is C32H43N7O3. The van der Waals surface area contributed by atoms with E-state index in [0.29, 0.717) is 30.9 Å². The van der Waals surface area contributed by atoms with E-state index in [4.69, 9.17) is 16.2 Å². The first-order chi connectivity index (χ1) is 20.1. The van der Waals surface area contributed by atoms with Crippen molar-refractivity contribution in [2.75, 3.05) is 19.6 Å². The molecule has 1 aromatic heterocycles. The smallest absolute Gasteiger partial charge is 0.233 e. The molecule has 1 aliphatic rings. The topological polar surface area (TPSA) is 155 Å². The van der Waals surface area contributed by atoms with Crippen LogP contribution < -0.4 is 21.5 Å². The fourth-order valence-corrected chi connectivity index (χ4v) is 6.05. The van der Waals surface area contributed by atoms with Crippen molar-refractivity contribution in [3.8, 4) is 11.8 Å². The maximum Gasteiger partial charge on any atom is 0.233 e. The SMILES string of the molecule is CCCC1(c2cccc(COc3cc(C(C)(N)c4cncn4C)ccc3C#N)c2)CCCCN(CCNC(N)O)C1=O. The van der Waals surface area contributed by atoms with Gasteiger partial charge in [-0.3, -0.25) is 15.8 Å². The van der Waals surface area contributed by atoms with Crippen molar-refractivity contribution in [3.63, 3.8) is 0 Å². The largest absolute Gasteiger partial charge is 0.488 e. The minimum Gasteiger partial charge on any atom is -0.488 e. The zero-order valence-electron chi connectivity index (χ0n) is 24.8. The zero-order chi connectivity index (χ0) is 30.3. The van der Waals surface area contributed by atoms with Gasteiger partial charge in [-0.1, -0.05) is 50.1 Å². The Morgan fingerprint density at radius 2 is 2.10 bits per heavy atom. The van der Waals surface area contributed by atoms with E-state index < -0.39 is 17.3 Å². The number of likely N-dealkylation sites (tertiary alicyclic amines) is 1. The van der Waals surface area contributed by atoms with E-state index in [1.54, 1.807) is 18.6 Å². The summed E-state index contributed by atoms with van der Waals surface area (Å²) in [5.74, 6) is 0.568. The summed E-state index contributed by atoms with van der Waals surface area (Å²) in [6.45, 7) is 5.83. The van der Waals surface area contributed by atoms with Crippen molar-refractivity contribution < 1.29 is 14.6 Å². The lowest BCUT2D eigenvalue weighted by molar-refractivity contribution is -0.137. The number of imidazole rings is 1. The number of carbonyl (C=O) groups is 1. The molecule has 1 amide bonds. The molecule has 0 spiro atoms.